The molecule has 25 heavy (non-hydrogen) atoms. The molecular formula is C20H20N2O3. The molecule has 0 aliphatic heterocycles. The highest BCUT2D eigenvalue weighted by Crippen LogP contribution is 2.28. The molecule has 0 heterocycles. The van der Waals surface area contributed by atoms with Gasteiger partial charge in [0.25, 0.3) is 5.91 Å². The highest BCUT2D eigenvalue weighted by atomic mass is 16.5. The van der Waals surface area contributed by atoms with Crippen LogP contribution in [0.1, 0.15) is 11.1 Å². The zero-order valence-corrected chi connectivity index (χ0v) is 14.5. The molecule has 5 nitrogen and oxygen atoms in total. The first-order valence-corrected chi connectivity index (χ1v) is 7.75. The lowest BCUT2D eigenvalue weighted by Gasteiger charge is -2.15. The molecule has 0 fully saturated rings. The molecule has 0 saturated carbocycles. The van der Waals surface area contributed by atoms with Gasteiger partial charge in [-0.05, 0) is 42.8 Å². The summed E-state index contributed by atoms with van der Waals surface area (Å²) in [6, 6.07) is 14.9. The van der Waals surface area contributed by atoms with E-state index in [1.54, 1.807) is 36.2 Å². The number of anilines is 1. The third-order valence-corrected chi connectivity index (χ3v) is 3.65. The van der Waals surface area contributed by atoms with E-state index in [0.29, 0.717) is 11.5 Å². The summed E-state index contributed by atoms with van der Waals surface area (Å²) in [5, 5.41) is 8.58. The van der Waals surface area contributed by atoms with Crippen LogP contribution in [0.4, 0.5) is 5.69 Å². The van der Waals surface area contributed by atoms with E-state index in [4.69, 9.17) is 14.7 Å². The third-order valence-electron chi connectivity index (χ3n) is 3.65. The van der Waals surface area contributed by atoms with Crippen molar-refractivity contribution in [2.45, 2.75) is 6.92 Å². The standard InChI is InChI=1S/C20H20N2O3/c1-15-4-8-17(9-5-15)22(2)20(23)11-7-16-6-10-18(25-13-12-21)19(14-16)24-3/h4-11,14H,13H2,1-3H3. The molecule has 0 unspecified atom stereocenters. The Kier molecular flexibility index (Phi) is 6.19. The van der Waals surface area contributed by atoms with Crippen LogP contribution in [-0.4, -0.2) is 26.7 Å². The number of aryl methyl sites for hydroxylation is 1. The summed E-state index contributed by atoms with van der Waals surface area (Å²) in [5.41, 5.74) is 2.77. The predicted molar refractivity (Wildman–Crippen MR) is 97.7 cm³/mol. The minimum Gasteiger partial charge on any atom is -0.493 e. The van der Waals surface area contributed by atoms with Gasteiger partial charge in [0.1, 0.15) is 6.07 Å². The second-order valence-corrected chi connectivity index (χ2v) is 5.42. The molecule has 0 saturated heterocycles. The summed E-state index contributed by atoms with van der Waals surface area (Å²) >= 11 is 0. The topological polar surface area (TPSA) is 62.6 Å². The first-order valence-electron chi connectivity index (χ1n) is 7.75. The number of methoxy groups -OCH3 is 1. The number of likely N-dealkylation sites (N-methyl/N-ethyl adjacent to an activating group) is 1. The number of amides is 1. The largest absolute Gasteiger partial charge is 0.493 e. The fourth-order valence-electron chi connectivity index (χ4n) is 2.19. The van der Waals surface area contributed by atoms with E-state index in [-0.39, 0.29) is 12.5 Å². The number of benzene rings is 2. The van der Waals surface area contributed by atoms with Crippen LogP contribution >= 0.6 is 0 Å². The van der Waals surface area contributed by atoms with Gasteiger partial charge in [-0.25, -0.2) is 0 Å². The van der Waals surface area contributed by atoms with Crippen molar-refractivity contribution in [3.63, 3.8) is 0 Å². The van der Waals surface area contributed by atoms with Crippen molar-refractivity contribution >= 4 is 17.7 Å². The monoisotopic (exact) mass is 336 g/mol. The van der Waals surface area contributed by atoms with Crippen LogP contribution in [0.25, 0.3) is 6.08 Å². The Labute approximate surface area is 147 Å². The Hall–Kier alpha value is -3.26. The number of nitrogens with zero attached hydrogens (tertiary/aromatic N) is 2. The average molecular weight is 336 g/mol. The maximum Gasteiger partial charge on any atom is 0.250 e. The van der Waals surface area contributed by atoms with E-state index in [1.165, 1.54) is 13.2 Å². The summed E-state index contributed by atoms with van der Waals surface area (Å²) < 4.78 is 10.5. The van der Waals surface area contributed by atoms with Gasteiger partial charge in [-0.1, -0.05) is 23.8 Å². The maximum absolute atomic E-state index is 12.3. The molecule has 0 bridgehead atoms. The van der Waals surface area contributed by atoms with Crippen LogP contribution in [0.3, 0.4) is 0 Å². The minimum atomic E-state index is -0.132. The number of carbonyl (C=O) groups excluding carboxylic acids is 1. The third kappa shape index (κ3) is 4.85. The van der Waals surface area contributed by atoms with E-state index in [0.717, 1.165) is 16.8 Å². The quantitative estimate of drug-likeness (QED) is 0.756. The van der Waals surface area contributed by atoms with Crippen molar-refractivity contribution in [3.8, 4) is 17.6 Å². The second kappa shape index (κ2) is 8.55. The summed E-state index contributed by atoms with van der Waals surface area (Å²) in [7, 11) is 3.26. The number of rotatable bonds is 6. The molecule has 1 amide bonds. The summed E-state index contributed by atoms with van der Waals surface area (Å²) in [6.45, 7) is 1.95. The molecular weight excluding hydrogens is 316 g/mol. The Bertz CT molecular complexity index is 805. The van der Waals surface area contributed by atoms with E-state index in [1.807, 2.05) is 37.3 Å². The smallest absolute Gasteiger partial charge is 0.250 e. The second-order valence-electron chi connectivity index (χ2n) is 5.42. The zero-order valence-electron chi connectivity index (χ0n) is 14.5. The van der Waals surface area contributed by atoms with Crippen molar-refractivity contribution in [1.82, 2.24) is 0 Å². The average Bonchev–Trinajstić information content (AvgIpc) is 2.64. The maximum atomic E-state index is 12.3. The van der Waals surface area contributed by atoms with E-state index < -0.39 is 0 Å². The van der Waals surface area contributed by atoms with Crippen LogP contribution < -0.4 is 14.4 Å². The SMILES string of the molecule is COc1cc(C=CC(=O)N(C)c2ccc(C)cc2)ccc1OCC#N. The molecule has 0 N–H and O–H groups in total. The minimum absolute atomic E-state index is 0.0502. The number of hydrogen-bond acceptors (Lipinski definition) is 4. The summed E-state index contributed by atoms with van der Waals surface area (Å²) in [5.74, 6) is 0.869. The normalized spacial score (nSPS) is 10.3. The molecule has 0 radical (unpaired) electrons. The van der Waals surface area contributed by atoms with Gasteiger partial charge in [-0.2, -0.15) is 5.26 Å². The summed E-state index contributed by atoms with van der Waals surface area (Å²) in [4.78, 5) is 13.9. The molecule has 2 rings (SSSR count). The molecule has 0 aromatic heterocycles. The van der Waals surface area contributed by atoms with Crippen molar-refractivity contribution in [2.75, 3.05) is 25.7 Å². The Morgan fingerprint density at radius 1 is 1.20 bits per heavy atom. The Balaban J connectivity index is 2.11. The Morgan fingerprint density at radius 3 is 2.56 bits per heavy atom. The molecule has 0 spiro atoms. The van der Waals surface area contributed by atoms with Crippen LogP contribution in [-0.2, 0) is 4.79 Å². The van der Waals surface area contributed by atoms with Gasteiger partial charge in [0.2, 0.25) is 0 Å². The molecule has 2 aromatic carbocycles. The van der Waals surface area contributed by atoms with Crippen LogP contribution in [0.5, 0.6) is 11.5 Å². The van der Waals surface area contributed by atoms with E-state index in [2.05, 4.69) is 0 Å². The molecule has 0 aliphatic rings. The zero-order chi connectivity index (χ0) is 18.2. The van der Waals surface area contributed by atoms with Crippen LogP contribution in [0, 0.1) is 18.3 Å². The molecule has 2 aromatic rings. The van der Waals surface area contributed by atoms with Crippen LogP contribution in [0.15, 0.2) is 48.5 Å². The lowest BCUT2D eigenvalue weighted by molar-refractivity contribution is -0.113. The van der Waals surface area contributed by atoms with Crippen molar-refractivity contribution in [3.05, 3.63) is 59.7 Å². The Morgan fingerprint density at radius 2 is 1.92 bits per heavy atom. The predicted octanol–water partition coefficient (Wildman–Crippen LogP) is 3.58. The van der Waals surface area contributed by atoms with Crippen LogP contribution in [0.2, 0.25) is 0 Å². The summed E-state index contributed by atoms with van der Waals surface area (Å²) in [6.07, 6.45) is 3.22. The van der Waals surface area contributed by atoms with Gasteiger partial charge in [-0.3, -0.25) is 4.79 Å². The van der Waals surface area contributed by atoms with Gasteiger partial charge in [0, 0.05) is 18.8 Å². The van der Waals surface area contributed by atoms with Gasteiger partial charge >= 0.3 is 0 Å². The molecule has 128 valence electrons. The molecule has 0 aliphatic carbocycles. The first-order chi connectivity index (χ1) is 12.0. The lowest BCUT2D eigenvalue weighted by atomic mass is 10.1. The van der Waals surface area contributed by atoms with Gasteiger partial charge in [0.15, 0.2) is 18.1 Å². The van der Waals surface area contributed by atoms with E-state index in [9.17, 15) is 4.79 Å². The van der Waals surface area contributed by atoms with Crippen molar-refractivity contribution < 1.29 is 14.3 Å². The number of carbonyl (C=O) groups is 1. The number of nitriles is 1. The highest BCUT2D eigenvalue weighted by Gasteiger charge is 2.08. The van der Waals surface area contributed by atoms with Gasteiger partial charge in [0.05, 0.1) is 7.11 Å². The molecule has 5 heteroatoms. The van der Waals surface area contributed by atoms with Crippen molar-refractivity contribution in [2.24, 2.45) is 0 Å². The molecule has 0 atom stereocenters. The number of hydrogen-bond donors (Lipinski definition) is 0. The van der Waals surface area contributed by atoms with Gasteiger partial charge in [-0.15, -0.1) is 0 Å². The van der Waals surface area contributed by atoms with Crippen molar-refractivity contribution in [1.29, 1.82) is 5.26 Å². The highest BCUT2D eigenvalue weighted by molar-refractivity contribution is 6.03. The first kappa shape index (κ1) is 18.1. The fourth-order valence-corrected chi connectivity index (χ4v) is 2.19. The lowest BCUT2D eigenvalue weighted by Crippen LogP contribution is -2.23. The fraction of sp³-hybridized carbons (Fsp3) is 0.200. The van der Waals surface area contributed by atoms with E-state index >= 15 is 0 Å². The number of ether oxygens (including phenoxy) is 2. The van der Waals surface area contributed by atoms with Gasteiger partial charge < -0.3 is 14.4 Å².